The molecule has 0 saturated carbocycles. The maximum atomic E-state index is 12.7. The van der Waals surface area contributed by atoms with Gasteiger partial charge in [0.15, 0.2) is 23.2 Å². The number of fused-ring (bicyclic) bond motifs is 3. The Morgan fingerprint density at radius 1 is 0.505 bits per heavy atom. The molecule has 3 aliphatic rings. The van der Waals surface area contributed by atoms with Crippen LogP contribution in [0.4, 0.5) is 17.1 Å². The number of anilines is 3. The van der Waals surface area contributed by atoms with Crippen molar-refractivity contribution in [2.75, 3.05) is 120 Å². The molecule has 0 aliphatic carbocycles. The second-order valence-corrected chi connectivity index (χ2v) is 23.7. The van der Waals surface area contributed by atoms with Crippen molar-refractivity contribution in [3.05, 3.63) is 145 Å². The number of hydrazine groups is 1. The van der Waals surface area contributed by atoms with Crippen molar-refractivity contribution in [3.63, 3.8) is 0 Å². The Labute approximate surface area is 599 Å². The van der Waals surface area contributed by atoms with Crippen LogP contribution in [0.1, 0.15) is 10.4 Å². The molecular formula is C59H61Cl9N22O7. The Morgan fingerprint density at radius 3 is 1.35 bits per heavy atom. The lowest BCUT2D eigenvalue weighted by Crippen LogP contribution is -2.49. The van der Waals surface area contributed by atoms with Gasteiger partial charge in [0.1, 0.15) is 87.3 Å². The largest absolute Gasteiger partial charge is 0.495 e. The number of nitrogens with zero attached hydrogens (tertiary/aromatic N) is 19. The van der Waals surface area contributed by atoms with Gasteiger partial charge in [-0.1, -0.05) is 92.8 Å². The number of nitrogens with two attached hydrogens (primary N) is 2. The molecular weight excluding hydrogens is 1450 g/mol. The van der Waals surface area contributed by atoms with Gasteiger partial charge in [-0.05, 0) is 36.4 Å². The fourth-order valence-corrected chi connectivity index (χ4v) is 11.5. The van der Waals surface area contributed by atoms with Gasteiger partial charge in [-0.25, -0.2) is 44.6 Å². The molecule has 3 amide bonds. The molecule has 7 aromatic heterocycles. The van der Waals surface area contributed by atoms with Crippen molar-refractivity contribution in [3.8, 4) is 17.2 Å². The fraction of sp³-hybridized carbons (Fsp3) is 0.305. The highest BCUT2D eigenvalue weighted by Crippen LogP contribution is 2.33. The Bertz CT molecular complexity index is 4270. The summed E-state index contributed by atoms with van der Waals surface area (Å²) in [5.41, 5.74) is 4.94. The SMILES string of the molecule is COc1cc(N2CCN(C(=O)CCl)CC2)ccc1Cl.COc1cc(N2CCN(C(=O)Cn3cc4c(Cl)ncnc4n3)CC2)ccc1Cl.COc1cc(N2CCN(C(=O)Cn3ncc4c(Cl)ncnc43)CC2)ccc1Cl.Clc1ncnc2[nH]ncc12.NN.O=Cc1c(Cl)ncnc1Cl. The van der Waals surface area contributed by atoms with E-state index in [0.29, 0.717) is 121 Å². The highest BCUT2D eigenvalue weighted by molar-refractivity contribution is 6.37. The summed E-state index contributed by atoms with van der Waals surface area (Å²) >= 11 is 52.4. The van der Waals surface area contributed by atoms with Gasteiger partial charge in [0, 0.05) is 120 Å². The second-order valence-electron chi connectivity index (χ2n) is 20.4. The predicted octanol–water partition coefficient (Wildman–Crippen LogP) is 8.64. The third-order valence-electron chi connectivity index (χ3n) is 14.9. The van der Waals surface area contributed by atoms with Crippen LogP contribution in [-0.2, 0) is 27.5 Å². The number of hydrogen-bond donors (Lipinski definition) is 3. The molecule has 97 heavy (non-hydrogen) atoms. The first kappa shape index (κ1) is 74.6. The Kier molecular flexibility index (Phi) is 28.0. The van der Waals surface area contributed by atoms with E-state index in [4.69, 9.17) is 119 Å². The van der Waals surface area contributed by atoms with E-state index in [2.05, 4.69) is 86.7 Å². The van der Waals surface area contributed by atoms with E-state index in [1.54, 1.807) is 54.2 Å². The van der Waals surface area contributed by atoms with Crippen LogP contribution < -0.4 is 40.6 Å². The minimum absolute atomic E-state index is 0.00463. The molecule has 3 saturated heterocycles. The quantitative estimate of drug-likeness (QED) is 0.0338. The molecule has 38 heteroatoms. The number of benzene rings is 3. The number of carbonyl (C=O) groups is 4. The van der Waals surface area contributed by atoms with Crippen LogP contribution >= 0.6 is 104 Å². The minimum Gasteiger partial charge on any atom is -0.495 e. The topological polar surface area (TPSA) is 335 Å². The van der Waals surface area contributed by atoms with Gasteiger partial charge >= 0.3 is 0 Å². The average molecular weight is 1510 g/mol. The van der Waals surface area contributed by atoms with Crippen LogP contribution in [0.15, 0.2) is 98.5 Å². The third kappa shape index (κ3) is 19.6. The lowest BCUT2D eigenvalue weighted by molar-refractivity contribution is -0.133. The number of methoxy groups -OCH3 is 3. The summed E-state index contributed by atoms with van der Waals surface area (Å²) in [5.74, 6) is 10.00. The monoisotopic (exact) mass is 1500 g/mol. The molecule has 512 valence electrons. The number of hydrogen-bond acceptors (Lipinski definition) is 23. The summed E-state index contributed by atoms with van der Waals surface area (Å²) in [5, 5.41) is 20.0. The van der Waals surface area contributed by atoms with Gasteiger partial charge in [0.05, 0.1) is 70.5 Å². The average Bonchev–Trinajstić information content (AvgIpc) is 1.78. The Balaban J connectivity index is 0.000000163. The fourth-order valence-electron chi connectivity index (χ4n) is 9.83. The zero-order chi connectivity index (χ0) is 69.7. The van der Waals surface area contributed by atoms with Crippen LogP contribution in [0.3, 0.4) is 0 Å². The first-order valence-corrected chi connectivity index (χ1v) is 32.5. The summed E-state index contributed by atoms with van der Waals surface area (Å²) in [4.78, 5) is 90.0. The number of aromatic amines is 1. The van der Waals surface area contributed by atoms with Gasteiger partial charge in [-0.3, -0.25) is 40.6 Å². The molecule has 10 heterocycles. The van der Waals surface area contributed by atoms with E-state index >= 15 is 0 Å². The highest BCUT2D eigenvalue weighted by atomic mass is 35.5. The summed E-state index contributed by atoms with van der Waals surface area (Å²) in [7, 11) is 4.79. The first-order chi connectivity index (χ1) is 46.9. The number of amides is 3. The molecule has 3 aliphatic heterocycles. The van der Waals surface area contributed by atoms with Crippen molar-refractivity contribution in [1.82, 2.24) is 84.3 Å². The lowest BCUT2D eigenvalue weighted by Gasteiger charge is -2.36. The van der Waals surface area contributed by atoms with Crippen molar-refractivity contribution in [1.29, 1.82) is 0 Å². The normalized spacial score (nSPS) is 13.5. The third-order valence-corrected chi connectivity index (χ3v) is 17.6. The van der Waals surface area contributed by atoms with E-state index in [9.17, 15) is 19.2 Å². The molecule has 3 fully saturated rings. The molecule has 0 unspecified atom stereocenters. The zero-order valence-corrected chi connectivity index (χ0v) is 58.6. The lowest BCUT2D eigenvalue weighted by atomic mass is 10.2. The number of ether oxygens (including phenoxy) is 3. The van der Waals surface area contributed by atoms with Crippen LogP contribution in [0.2, 0.25) is 40.8 Å². The number of piperazine rings is 3. The zero-order valence-electron chi connectivity index (χ0n) is 51.8. The van der Waals surface area contributed by atoms with E-state index in [1.165, 1.54) is 25.3 Å². The minimum atomic E-state index is -0.00642. The van der Waals surface area contributed by atoms with E-state index < -0.39 is 0 Å². The van der Waals surface area contributed by atoms with Crippen molar-refractivity contribution in [2.24, 2.45) is 11.7 Å². The van der Waals surface area contributed by atoms with Gasteiger partial charge in [0.25, 0.3) is 0 Å². The second kappa shape index (κ2) is 36.4. The number of carbonyl (C=O) groups excluding carboxylic acids is 4. The molecule has 0 spiro atoms. The van der Waals surface area contributed by atoms with Gasteiger partial charge in [-0.15, -0.1) is 11.6 Å². The molecule has 3 aromatic carbocycles. The number of aromatic nitrogens is 14. The number of rotatable bonds is 12. The summed E-state index contributed by atoms with van der Waals surface area (Å²) in [6, 6.07) is 17.1. The number of alkyl halides is 1. The Morgan fingerprint density at radius 2 is 0.918 bits per heavy atom. The van der Waals surface area contributed by atoms with Crippen molar-refractivity contribution < 1.29 is 33.4 Å². The van der Waals surface area contributed by atoms with E-state index in [1.807, 2.05) is 64.4 Å². The van der Waals surface area contributed by atoms with Gasteiger partial charge < -0.3 is 43.6 Å². The number of halogens is 9. The first-order valence-electron chi connectivity index (χ1n) is 28.9. The van der Waals surface area contributed by atoms with Gasteiger partial charge in [0.2, 0.25) is 17.7 Å². The maximum absolute atomic E-state index is 12.7. The molecule has 0 bridgehead atoms. The highest BCUT2D eigenvalue weighted by Gasteiger charge is 2.26. The van der Waals surface area contributed by atoms with E-state index in [-0.39, 0.29) is 52.6 Å². The van der Waals surface area contributed by atoms with Gasteiger partial charge in [-0.2, -0.15) is 15.3 Å². The van der Waals surface area contributed by atoms with Crippen LogP contribution in [0, 0.1) is 0 Å². The smallest absolute Gasteiger partial charge is 0.244 e. The number of nitrogens with one attached hydrogen (secondary N) is 1. The number of H-pyrrole nitrogens is 1. The molecule has 10 aromatic rings. The van der Waals surface area contributed by atoms with Crippen LogP contribution in [0.5, 0.6) is 17.2 Å². The molecule has 13 rings (SSSR count). The number of aldehydes is 1. The van der Waals surface area contributed by atoms with Crippen LogP contribution in [0.25, 0.3) is 33.1 Å². The molecule has 0 radical (unpaired) electrons. The maximum Gasteiger partial charge on any atom is 0.244 e. The van der Waals surface area contributed by atoms with E-state index in [0.717, 1.165) is 61.7 Å². The molecule has 0 atom stereocenters. The predicted molar refractivity (Wildman–Crippen MR) is 374 cm³/mol. The van der Waals surface area contributed by atoms with Crippen molar-refractivity contribution >= 4 is 179 Å². The molecule has 29 nitrogen and oxygen atoms in total. The van der Waals surface area contributed by atoms with Crippen molar-refractivity contribution in [2.45, 2.75) is 13.1 Å². The van der Waals surface area contributed by atoms with Crippen LogP contribution in [-0.4, -0.2) is 214 Å². The summed E-state index contributed by atoms with van der Waals surface area (Å²) < 4.78 is 18.9. The summed E-state index contributed by atoms with van der Waals surface area (Å²) in [6.07, 6.45) is 10.7. The summed E-state index contributed by atoms with van der Waals surface area (Å²) in [6.45, 7) is 8.63. The molecule has 5 N–H and O–H groups in total. The Hall–Kier alpha value is -8.20. The standard InChI is InChI=1S/2C18H18Cl2N6O2.C13H16Cl2N2O2.C5H2Cl2N2O.C5H3ClN4.H4N2/c1-28-15-8-12(2-3-14(15)19)24-4-6-25(7-5-24)16(27)10-26-9-13-17(20)21-11-22-18(13)23-26;1-28-15-8-12(2-3-14(15)19)24-4-6-25(7-5-24)16(27)10-26-18-13(9-23-26)17(20)21-11-22-18;1-19-12-8-10(2-3-11(12)15)16-4-6-17(7-5-16)13(18)9-14;6-4-3(1-10)5(7)9-2-8-4;6-4-3-1-9-10-5(3)8-2-7-4;1-2/h2*2-3,8-9,11H,4-7,10H2,1H3;2-3,8H,4-7,9H2,1H3;1-2H;1-2H,(H,7,8,9,10);1-2H2.